The standard InChI is InChI=1S/C17H21ClF3N3O3/c1-11(17(19,20)21)27-14-4-3-12(9-13(14)18)16(26)23-6-5-22-15(25)10-24-7-2-8-24/h3-4,9,11H,2,5-8,10H2,1H3,(H,22,25)(H,23,26). The second-order valence-corrected chi connectivity index (χ2v) is 6.59. The zero-order chi connectivity index (χ0) is 20.0. The first-order valence-electron chi connectivity index (χ1n) is 8.47. The number of benzene rings is 1. The van der Waals surface area contributed by atoms with Crippen LogP contribution in [-0.2, 0) is 4.79 Å². The molecule has 1 fully saturated rings. The molecule has 2 N–H and O–H groups in total. The molecule has 10 heteroatoms. The van der Waals surface area contributed by atoms with Crippen LogP contribution in [0.4, 0.5) is 13.2 Å². The van der Waals surface area contributed by atoms with Crippen LogP contribution in [-0.4, -0.2) is 61.7 Å². The van der Waals surface area contributed by atoms with E-state index >= 15 is 0 Å². The largest absolute Gasteiger partial charge is 0.480 e. The third kappa shape index (κ3) is 6.59. The van der Waals surface area contributed by atoms with E-state index in [9.17, 15) is 22.8 Å². The molecule has 1 aliphatic heterocycles. The molecule has 0 radical (unpaired) electrons. The van der Waals surface area contributed by atoms with Crippen LogP contribution in [0.25, 0.3) is 0 Å². The molecular weight excluding hydrogens is 387 g/mol. The summed E-state index contributed by atoms with van der Waals surface area (Å²) in [5.41, 5.74) is 0.180. The molecule has 1 aromatic carbocycles. The minimum Gasteiger partial charge on any atom is -0.480 e. The van der Waals surface area contributed by atoms with Crippen LogP contribution in [0.5, 0.6) is 5.75 Å². The van der Waals surface area contributed by atoms with Crippen LogP contribution in [0.2, 0.25) is 5.02 Å². The maximum Gasteiger partial charge on any atom is 0.425 e. The number of alkyl halides is 3. The van der Waals surface area contributed by atoms with E-state index in [1.807, 2.05) is 4.90 Å². The monoisotopic (exact) mass is 407 g/mol. The number of carbonyl (C=O) groups excluding carboxylic acids is 2. The lowest BCUT2D eigenvalue weighted by Gasteiger charge is -2.29. The number of ether oxygens (including phenoxy) is 1. The molecular formula is C17H21ClF3N3O3. The Labute approximate surface area is 160 Å². The van der Waals surface area contributed by atoms with E-state index in [0.29, 0.717) is 6.54 Å². The summed E-state index contributed by atoms with van der Waals surface area (Å²) in [5.74, 6) is -0.715. The van der Waals surface area contributed by atoms with Gasteiger partial charge in [-0.25, -0.2) is 0 Å². The molecule has 1 aromatic rings. The van der Waals surface area contributed by atoms with Gasteiger partial charge in [0.15, 0.2) is 6.10 Å². The fraction of sp³-hybridized carbons (Fsp3) is 0.529. The summed E-state index contributed by atoms with van der Waals surface area (Å²) >= 11 is 5.90. The predicted octanol–water partition coefficient (Wildman–Crippen LogP) is 2.22. The summed E-state index contributed by atoms with van der Waals surface area (Å²) in [6.45, 7) is 3.55. The first-order chi connectivity index (χ1) is 12.7. The van der Waals surface area contributed by atoms with Crippen molar-refractivity contribution >= 4 is 23.4 Å². The maximum atomic E-state index is 12.5. The van der Waals surface area contributed by atoms with Gasteiger partial charge in [-0.2, -0.15) is 13.2 Å². The molecule has 27 heavy (non-hydrogen) atoms. The molecule has 1 aliphatic rings. The third-order valence-corrected chi connectivity index (χ3v) is 4.30. The lowest BCUT2D eigenvalue weighted by molar-refractivity contribution is -0.189. The Morgan fingerprint density at radius 1 is 1.26 bits per heavy atom. The summed E-state index contributed by atoms with van der Waals surface area (Å²) in [4.78, 5) is 25.7. The van der Waals surface area contributed by atoms with Crippen molar-refractivity contribution in [2.45, 2.75) is 25.6 Å². The number of hydrogen-bond donors (Lipinski definition) is 2. The van der Waals surface area contributed by atoms with E-state index in [-0.39, 0.29) is 35.3 Å². The van der Waals surface area contributed by atoms with Crippen LogP contribution in [0.15, 0.2) is 18.2 Å². The van der Waals surface area contributed by atoms with Crippen LogP contribution in [0.3, 0.4) is 0 Å². The first kappa shape index (κ1) is 21.3. The van der Waals surface area contributed by atoms with E-state index in [1.54, 1.807) is 0 Å². The van der Waals surface area contributed by atoms with Crippen molar-refractivity contribution in [1.29, 1.82) is 0 Å². The van der Waals surface area contributed by atoms with Crippen molar-refractivity contribution in [2.24, 2.45) is 0 Å². The Morgan fingerprint density at radius 3 is 2.48 bits per heavy atom. The van der Waals surface area contributed by atoms with E-state index in [1.165, 1.54) is 18.2 Å². The average Bonchev–Trinajstić information content (AvgIpc) is 2.55. The van der Waals surface area contributed by atoms with Gasteiger partial charge < -0.3 is 15.4 Å². The zero-order valence-electron chi connectivity index (χ0n) is 14.7. The van der Waals surface area contributed by atoms with E-state index in [2.05, 4.69) is 10.6 Å². The van der Waals surface area contributed by atoms with Crippen molar-refractivity contribution < 1.29 is 27.5 Å². The minimum absolute atomic E-state index is 0.0957. The smallest absolute Gasteiger partial charge is 0.425 e. The summed E-state index contributed by atoms with van der Waals surface area (Å²) in [6, 6.07) is 3.77. The van der Waals surface area contributed by atoms with Gasteiger partial charge in [0.1, 0.15) is 5.75 Å². The zero-order valence-corrected chi connectivity index (χ0v) is 15.5. The fourth-order valence-corrected chi connectivity index (χ4v) is 2.50. The molecule has 0 spiro atoms. The van der Waals surface area contributed by atoms with E-state index in [4.69, 9.17) is 16.3 Å². The topological polar surface area (TPSA) is 70.7 Å². The molecule has 6 nitrogen and oxygen atoms in total. The highest BCUT2D eigenvalue weighted by Crippen LogP contribution is 2.30. The van der Waals surface area contributed by atoms with Crippen molar-refractivity contribution in [2.75, 3.05) is 32.7 Å². The lowest BCUT2D eigenvalue weighted by atomic mass is 10.2. The molecule has 1 saturated heterocycles. The fourth-order valence-electron chi connectivity index (χ4n) is 2.27. The molecule has 0 aromatic heterocycles. The molecule has 2 amide bonds. The number of nitrogens with one attached hydrogen (secondary N) is 2. The molecule has 2 rings (SSSR count). The second kappa shape index (κ2) is 9.27. The highest BCUT2D eigenvalue weighted by molar-refractivity contribution is 6.32. The van der Waals surface area contributed by atoms with Crippen molar-refractivity contribution in [3.8, 4) is 5.75 Å². The number of carbonyl (C=O) groups is 2. The van der Waals surface area contributed by atoms with Gasteiger partial charge in [-0.15, -0.1) is 0 Å². The third-order valence-electron chi connectivity index (χ3n) is 4.01. The number of nitrogens with zero attached hydrogens (tertiary/aromatic N) is 1. The molecule has 150 valence electrons. The first-order valence-corrected chi connectivity index (χ1v) is 8.85. The normalized spacial score (nSPS) is 15.6. The Bertz CT molecular complexity index is 681. The van der Waals surface area contributed by atoms with Crippen LogP contribution >= 0.6 is 11.6 Å². The number of rotatable bonds is 8. The van der Waals surface area contributed by atoms with Gasteiger partial charge in [0.05, 0.1) is 11.6 Å². The average molecular weight is 408 g/mol. The SMILES string of the molecule is CC(Oc1ccc(C(=O)NCCNC(=O)CN2CCC2)cc1Cl)C(F)(F)F. The minimum atomic E-state index is -4.51. The van der Waals surface area contributed by atoms with Crippen molar-refractivity contribution in [3.63, 3.8) is 0 Å². The quantitative estimate of drug-likeness (QED) is 0.648. The summed E-state index contributed by atoms with van der Waals surface area (Å²) in [5, 5.41) is 5.20. The Morgan fingerprint density at radius 2 is 1.93 bits per heavy atom. The maximum absolute atomic E-state index is 12.5. The summed E-state index contributed by atoms with van der Waals surface area (Å²) in [6.07, 6.45) is -5.43. The number of halogens is 4. The highest BCUT2D eigenvalue weighted by atomic mass is 35.5. The lowest BCUT2D eigenvalue weighted by Crippen LogP contribution is -2.45. The predicted molar refractivity (Wildman–Crippen MR) is 94.0 cm³/mol. The Kier molecular flexibility index (Phi) is 7.32. The van der Waals surface area contributed by atoms with Crippen LogP contribution < -0.4 is 15.4 Å². The van der Waals surface area contributed by atoms with Crippen molar-refractivity contribution in [3.05, 3.63) is 28.8 Å². The highest BCUT2D eigenvalue weighted by Gasteiger charge is 2.38. The molecule has 1 unspecified atom stereocenters. The van der Waals surface area contributed by atoms with Crippen LogP contribution in [0.1, 0.15) is 23.7 Å². The van der Waals surface area contributed by atoms with Gasteiger partial charge in [0.25, 0.3) is 5.91 Å². The molecule has 0 aliphatic carbocycles. The Hall–Kier alpha value is -2.00. The Balaban J connectivity index is 1.77. The van der Waals surface area contributed by atoms with Gasteiger partial charge in [0.2, 0.25) is 5.91 Å². The number of hydrogen-bond acceptors (Lipinski definition) is 4. The molecule has 1 heterocycles. The van der Waals surface area contributed by atoms with Gasteiger partial charge in [-0.05, 0) is 44.6 Å². The summed E-state index contributed by atoms with van der Waals surface area (Å²) < 4.78 is 42.4. The van der Waals surface area contributed by atoms with Gasteiger partial charge in [-0.1, -0.05) is 11.6 Å². The number of likely N-dealkylation sites (tertiary alicyclic amines) is 1. The van der Waals surface area contributed by atoms with E-state index < -0.39 is 18.2 Å². The molecule has 0 saturated carbocycles. The van der Waals surface area contributed by atoms with Gasteiger partial charge in [-0.3, -0.25) is 14.5 Å². The molecule has 0 bridgehead atoms. The van der Waals surface area contributed by atoms with E-state index in [0.717, 1.165) is 26.4 Å². The summed E-state index contributed by atoms with van der Waals surface area (Å²) in [7, 11) is 0. The van der Waals surface area contributed by atoms with Gasteiger partial charge in [0, 0.05) is 18.7 Å². The van der Waals surface area contributed by atoms with Gasteiger partial charge >= 0.3 is 6.18 Å². The van der Waals surface area contributed by atoms with Crippen LogP contribution in [0, 0.1) is 0 Å². The molecule has 1 atom stereocenters. The second-order valence-electron chi connectivity index (χ2n) is 6.18. The number of amides is 2. The van der Waals surface area contributed by atoms with Crippen molar-refractivity contribution in [1.82, 2.24) is 15.5 Å².